The van der Waals surface area contributed by atoms with Crippen molar-refractivity contribution in [3.05, 3.63) is 45.9 Å². The molecule has 0 spiro atoms. The molecule has 264 valence electrons. The summed E-state index contributed by atoms with van der Waals surface area (Å²) in [6.45, 7) is 11.3. The number of carboxylic acid groups (broad SMARTS) is 1. The summed E-state index contributed by atoms with van der Waals surface area (Å²) in [5, 5.41) is 18.0. The molecule has 2 unspecified atom stereocenters. The third kappa shape index (κ3) is 12.9. The van der Waals surface area contributed by atoms with Crippen LogP contribution in [0.2, 0.25) is 0 Å². The van der Waals surface area contributed by atoms with Crippen molar-refractivity contribution in [2.24, 2.45) is 11.3 Å². The van der Waals surface area contributed by atoms with Crippen molar-refractivity contribution in [1.29, 1.82) is 0 Å². The Kier molecular flexibility index (Phi) is 16.6. The van der Waals surface area contributed by atoms with Gasteiger partial charge in [-0.2, -0.15) is 0 Å². The fourth-order valence-corrected chi connectivity index (χ4v) is 6.44. The number of nitrogens with one attached hydrogen (secondary N) is 2. The van der Waals surface area contributed by atoms with Crippen molar-refractivity contribution in [3.8, 4) is 12.3 Å². The number of amides is 2. The second-order valence-electron chi connectivity index (χ2n) is 13.3. The lowest BCUT2D eigenvalue weighted by molar-refractivity contribution is -0.149. The van der Waals surface area contributed by atoms with E-state index in [-0.39, 0.29) is 30.0 Å². The number of carbonyl (C=O) groups excluding carboxylic acids is 3. The Labute approximate surface area is 290 Å². The monoisotopic (exact) mass is 682 g/mol. The number of ether oxygens (including phenoxy) is 1. The lowest BCUT2D eigenvalue weighted by Gasteiger charge is -2.36. The van der Waals surface area contributed by atoms with Crippen molar-refractivity contribution in [3.63, 3.8) is 0 Å². The van der Waals surface area contributed by atoms with Gasteiger partial charge in [-0.25, -0.2) is 4.98 Å². The van der Waals surface area contributed by atoms with Crippen molar-refractivity contribution in [1.82, 2.24) is 15.2 Å². The predicted molar refractivity (Wildman–Crippen MR) is 191 cm³/mol. The highest BCUT2D eigenvalue weighted by atomic mass is 32.1. The van der Waals surface area contributed by atoms with E-state index >= 15 is 0 Å². The lowest BCUT2D eigenvalue weighted by Crippen LogP contribution is -2.45. The number of benzene rings is 1. The second-order valence-corrected chi connectivity index (χ2v) is 14.2. The standard InChI is InChI=1S/C37H54N4O6S/c1-9-11-13-14-20-41(33(43)15-12-10-2)31(25(3)4)22-32(47-26(5)42)35-40-30(24-48-35)34(44)39-29(23-37(6,7)36(45)46)21-27-16-18-28(38-8)19-17-27/h1,16-19,24-25,29,31-32,38H,10-15,20-23H2,2-8H3,(H,39,44)(H,45,46)/t29?,31-,32?/m1/s1. The van der Waals surface area contributed by atoms with E-state index in [1.807, 2.05) is 57.0 Å². The van der Waals surface area contributed by atoms with Crippen molar-refractivity contribution >= 4 is 40.8 Å². The highest BCUT2D eigenvalue weighted by Gasteiger charge is 2.34. The number of terminal acetylenes is 1. The molecular weight excluding hydrogens is 628 g/mol. The molecule has 0 bridgehead atoms. The van der Waals surface area contributed by atoms with E-state index in [1.54, 1.807) is 19.2 Å². The zero-order valence-electron chi connectivity index (χ0n) is 29.6. The molecule has 48 heavy (non-hydrogen) atoms. The first kappa shape index (κ1) is 40.3. The third-order valence-corrected chi connectivity index (χ3v) is 9.33. The van der Waals surface area contributed by atoms with Crippen LogP contribution < -0.4 is 10.6 Å². The summed E-state index contributed by atoms with van der Waals surface area (Å²) in [5.41, 5.74) is 0.969. The number of carbonyl (C=O) groups is 4. The Bertz CT molecular complexity index is 1380. The summed E-state index contributed by atoms with van der Waals surface area (Å²) in [6.07, 6.45) is 9.99. The summed E-state index contributed by atoms with van der Waals surface area (Å²) in [4.78, 5) is 57.8. The SMILES string of the molecule is C#CCCCCN(C(=O)CCCC)[C@H](CC(OC(C)=O)c1nc(C(=O)NC(Cc2ccc(NC)cc2)CC(C)(C)C(=O)O)cs1)C(C)C. The van der Waals surface area contributed by atoms with E-state index in [2.05, 4.69) is 21.5 Å². The Morgan fingerprint density at radius 1 is 1.12 bits per heavy atom. The Morgan fingerprint density at radius 2 is 1.81 bits per heavy atom. The number of nitrogens with zero attached hydrogens (tertiary/aromatic N) is 2. The Morgan fingerprint density at radius 3 is 2.38 bits per heavy atom. The van der Waals surface area contributed by atoms with Gasteiger partial charge in [-0.05, 0) is 69.6 Å². The van der Waals surface area contributed by atoms with Crippen LogP contribution in [-0.4, -0.2) is 64.4 Å². The molecule has 2 rings (SSSR count). The first-order valence-electron chi connectivity index (χ1n) is 16.9. The molecule has 10 nitrogen and oxygen atoms in total. The highest BCUT2D eigenvalue weighted by Crippen LogP contribution is 2.32. The van der Waals surface area contributed by atoms with E-state index < -0.39 is 35.4 Å². The van der Waals surface area contributed by atoms with Gasteiger partial charge in [0.25, 0.3) is 5.91 Å². The van der Waals surface area contributed by atoms with Gasteiger partial charge in [0.1, 0.15) is 10.7 Å². The average Bonchev–Trinajstić information content (AvgIpc) is 3.53. The van der Waals surface area contributed by atoms with E-state index in [0.717, 1.165) is 36.9 Å². The van der Waals surface area contributed by atoms with Crippen LogP contribution in [0.3, 0.4) is 0 Å². The first-order valence-corrected chi connectivity index (χ1v) is 17.8. The zero-order valence-corrected chi connectivity index (χ0v) is 30.5. The molecule has 2 aromatic rings. The number of aromatic nitrogens is 1. The van der Waals surface area contributed by atoms with Crippen molar-refractivity contribution in [2.45, 2.75) is 118 Å². The lowest BCUT2D eigenvalue weighted by atomic mass is 9.84. The van der Waals surface area contributed by atoms with E-state index in [4.69, 9.17) is 11.2 Å². The van der Waals surface area contributed by atoms with Crippen molar-refractivity contribution in [2.75, 3.05) is 18.9 Å². The normalized spacial score (nSPS) is 13.2. The summed E-state index contributed by atoms with van der Waals surface area (Å²) < 4.78 is 5.78. The average molecular weight is 683 g/mol. The number of rotatable bonds is 21. The molecule has 0 aliphatic rings. The molecule has 1 aromatic carbocycles. The minimum Gasteiger partial charge on any atom is -0.481 e. The molecule has 0 aliphatic carbocycles. The van der Waals surface area contributed by atoms with Crippen LogP contribution in [0.1, 0.15) is 120 Å². The van der Waals surface area contributed by atoms with E-state index in [0.29, 0.717) is 37.2 Å². The Balaban J connectivity index is 2.34. The van der Waals surface area contributed by atoms with E-state index in [1.165, 1.54) is 18.3 Å². The largest absolute Gasteiger partial charge is 0.481 e. The van der Waals surface area contributed by atoms with Crippen LogP contribution in [0.15, 0.2) is 29.6 Å². The summed E-state index contributed by atoms with van der Waals surface area (Å²) in [7, 11) is 1.83. The fraction of sp³-hybridized carbons (Fsp3) is 0.595. The number of hydrogen-bond acceptors (Lipinski definition) is 8. The number of unbranched alkanes of at least 4 members (excludes halogenated alkanes) is 3. The van der Waals surface area contributed by atoms with Gasteiger partial charge in [0.05, 0.1) is 5.41 Å². The maximum absolute atomic E-state index is 13.6. The van der Waals surface area contributed by atoms with Crippen LogP contribution in [0.4, 0.5) is 5.69 Å². The summed E-state index contributed by atoms with van der Waals surface area (Å²) in [6, 6.07) is 7.03. The van der Waals surface area contributed by atoms with Gasteiger partial charge in [0.2, 0.25) is 5.91 Å². The smallest absolute Gasteiger partial charge is 0.309 e. The number of anilines is 1. The maximum atomic E-state index is 13.6. The molecule has 0 radical (unpaired) electrons. The van der Waals surface area contributed by atoms with E-state index in [9.17, 15) is 24.3 Å². The molecule has 11 heteroatoms. The van der Waals surface area contributed by atoms with Gasteiger partial charge in [-0.3, -0.25) is 19.2 Å². The van der Waals surface area contributed by atoms with Gasteiger partial charge in [-0.15, -0.1) is 23.7 Å². The molecule has 1 heterocycles. The molecule has 3 atom stereocenters. The fourth-order valence-electron chi connectivity index (χ4n) is 5.60. The third-order valence-electron chi connectivity index (χ3n) is 8.39. The quantitative estimate of drug-likeness (QED) is 0.0737. The number of hydrogen-bond donors (Lipinski definition) is 3. The molecule has 0 aliphatic heterocycles. The molecule has 0 saturated carbocycles. The second kappa shape index (κ2) is 19.8. The molecular formula is C37H54N4O6S. The van der Waals surface area contributed by atoms with Gasteiger partial charge >= 0.3 is 11.9 Å². The molecule has 0 saturated heterocycles. The number of esters is 1. The molecule has 3 N–H and O–H groups in total. The van der Waals surface area contributed by atoms with Gasteiger partial charge in [-0.1, -0.05) is 39.3 Å². The number of carboxylic acids is 1. The Hall–Kier alpha value is -3.91. The van der Waals surface area contributed by atoms with Gasteiger partial charge < -0.3 is 25.4 Å². The van der Waals surface area contributed by atoms with Crippen LogP contribution in [0.25, 0.3) is 0 Å². The maximum Gasteiger partial charge on any atom is 0.309 e. The molecule has 2 amide bonds. The summed E-state index contributed by atoms with van der Waals surface area (Å²) >= 11 is 1.22. The molecule has 0 fully saturated rings. The molecule has 1 aromatic heterocycles. The van der Waals surface area contributed by atoms with Crippen LogP contribution >= 0.6 is 11.3 Å². The summed E-state index contributed by atoms with van der Waals surface area (Å²) in [5.74, 6) is 0.901. The number of thiazole rings is 1. The van der Waals surface area contributed by atoms with Crippen LogP contribution in [-0.2, 0) is 25.5 Å². The van der Waals surface area contributed by atoms with Crippen molar-refractivity contribution < 1.29 is 29.0 Å². The number of aliphatic carboxylic acids is 1. The topological polar surface area (TPSA) is 138 Å². The van der Waals surface area contributed by atoms with Crippen LogP contribution in [0.5, 0.6) is 0 Å². The minimum atomic E-state index is -1.08. The minimum absolute atomic E-state index is 0.0597. The zero-order chi connectivity index (χ0) is 35.9. The predicted octanol–water partition coefficient (Wildman–Crippen LogP) is 6.87. The first-order chi connectivity index (χ1) is 22.7. The van der Waals surface area contributed by atoms with Gasteiger partial charge in [0, 0.05) is 62.9 Å². The van der Waals surface area contributed by atoms with Crippen LogP contribution in [0, 0.1) is 23.7 Å². The van der Waals surface area contributed by atoms with Gasteiger partial charge in [0.15, 0.2) is 6.10 Å². The highest BCUT2D eigenvalue weighted by molar-refractivity contribution is 7.09.